The summed E-state index contributed by atoms with van der Waals surface area (Å²) in [6.45, 7) is 2.27. The Morgan fingerprint density at radius 3 is 2.89 bits per heavy atom. The molecule has 0 atom stereocenters. The summed E-state index contributed by atoms with van der Waals surface area (Å²) in [7, 11) is 0. The van der Waals surface area contributed by atoms with Crippen LogP contribution in [0.25, 0.3) is 4.83 Å². The minimum Gasteiger partial charge on any atom is -0.290 e. The number of aryl methyl sites for hydroxylation is 1. The van der Waals surface area contributed by atoms with Gasteiger partial charge in [0.05, 0.1) is 5.21 Å². The first-order valence-corrected chi connectivity index (χ1v) is 6.54. The molecule has 0 aliphatic heterocycles. The molecule has 0 unspecified atom stereocenters. The summed E-state index contributed by atoms with van der Waals surface area (Å²) in [6.07, 6.45) is 1.90. The zero-order valence-electron chi connectivity index (χ0n) is 9.91. The van der Waals surface area contributed by atoms with Crippen molar-refractivity contribution in [1.82, 2.24) is 9.90 Å². The number of carbonyl (C=O) groups excluding carboxylic acids is 1. The van der Waals surface area contributed by atoms with Crippen molar-refractivity contribution >= 4 is 22.0 Å². The van der Waals surface area contributed by atoms with E-state index in [0.29, 0.717) is 0 Å². The van der Waals surface area contributed by atoms with Crippen molar-refractivity contribution in [2.45, 2.75) is 13.5 Å². The molecule has 90 valence electrons. The second-order valence-electron chi connectivity index (χ2n) is 4.07. The maximum atomic E-state index is 12.1. The Morgan fingerprint density at radius 2 is 2.17 bits per heavy atom. The maximum Gasteiger partial charge on any atom is 0.253 e. The number of nitrogens with zero attached hydrogens (tertiary/aromatic N) is 3. The molecule has 0 aliphatic carbocycles. The number of carbonyl (C=O) groups is 1. The number of aromatic nitrogens is 3. The van der Waals surface area contributed by atoms with Crippen LogP contribution in [0, 0.1) is 6.92 Å². The van der Waals surface area contributed by atoms with Crippen LogP contribution in [0.2, 0.25) is 0 Å². The van der Waals surface area contributed by atoms with Gasteiger partial charge in [0.15, 0.2) is 12.2 Å². The lowest BCUT2D eigenvalue weighted by Crippen LogP contribution is -2.23. The SMILES string of the molecule is Cc1c2scc[n+]2nn1CC(=O)c1ccccc1. The molecule has 5 heteroatoms. The van der Waals surface area contributed by atoms with E-state index in [2.05, 4.69) is 5.21 Å². The molecule has 0 amide bonds. The van der Waals surface area contributed by atoms with Gasteiger partial charge in [-0.05, 0) is 0 Å². The standard InChI is InChI=1S/C13H12N3OS/c1-10-13-15(7-8-18-13)14-16(10)9-12(17)11-5-3-2-4-6-11/h2-8H,9H2,1H3/q+1. The summed E-state index contributed by atoms with van der Waals surface area (Å²) < 4.78 is 3.56. The number of hydrogen-bond acceptors (Lipinski definition) is 3. The maximum absolute atomic E-state index is 12.1. The summed E-state index contributed by atoms with van der Waals surface area (Å²) in [6, 6.07) is 9.31. The smallest absolute Gasteiger partial charge is 0.253 e. The summed E-state index contributed by atoms with van der Waals surface area (Å²) in [5.74, 6) is 0.0782. The molecule has 0 spiro atoms. The molecule has 0 aliphatic rings. The van der Waals surface area contributed by atoms with E-state index in [0.717, 1.165) is 16.1 Å². The highest BCUT2D eigenvalue weighted by molar-refractivity contribution is 7.15. The lowest BCUT2D eigenvalue weighted by molar-refractivity contribution is -0.580. The van der Waals surface area contributed by atoms with Crippen LogP contribution in [0.3, 0.4) is 0 Å². The van der Waals surface area contributed by atoms with E-state index >= 15 is 0 Å². The minimum absolute atomic E-state index is 0.0782. The molecule has 0 N–H and O–H groups in total. The van der Waals surface area contributed by atoms with Gasteiger partial charge in [0, 0.05) is 17.9 Å². The van der Waals surface area contributed by atoms with Gasteiger partial charge in [-0.3, -0.25) is 4.79 Å². The predicted octanol–water partition coefficient (Wildman–Crippen LogP) is 1.87. The van der Waals surface area contributed by atoms with Gasteiger partial charge in [0.2, 0.25) is 5.78 Å². The Hall–Kier alpha value is -2.01. The molecule has 3 aromatic rings. The van der Waals surface area contributed by atoms with Crippen LogP contribution in [0.15, 0.2) is 41.9 Å². The topological polar surface area (TPSA) is 39.0 Å². The Balaban J connectivity index is 1.90. The van der Waals surface area contributed by atoms with Crippen LogP contribution in [0.1, 0.15) is 16.1 Å². The fourth-order valence-corrected chi connectivity index (χ4v) is 2.68. The van der Waals surface area contributed by atoms with Crippen molar-refractivity contribution < 1.29 is 9.31 Å². The lowest BCUT2D eigenvalue weighted by Gasteiger charge is -1.97. The van der Waals surface area contributed by atoms with Gasteiger partial charge in [-0.25, -0.2) is 0 Å². The number of ketones is 1. The van der Waals surface area contributed by atoms with Gasteiger partial charge < -0.3 is 0 Å². The van der Waals surface area contributed by atoms with Crippen molar-refractivity contribution in [3.8, 4) is 0 Å². The number of Topliss-reactive ketones (excluding diaryl/α,β-unsaturated/α-hetero) is 1. The highest BCUT2D eigenvalue weighted by Gasteiger charge is 2.19. The van der Waals surface area contributed by atoms with Crippen molar-refractivity contribution in [2.75, 3.05) is 0 Å². The second-order valence-corrected chi connectivity index (χ2v) is 4.97. The summed E-state index contributed by atoms with van der Waals surface area (Å²) in [4.78, 5) is 13.2. The average molecular weight is 258 g/mol. The molecular weight excluding hydrogens is 246 g/mol. The van der Waals surface area contributed by atoms with Crippen molar-refractivity contribution in [3.05, 3.63) is 53.2 Å². The molecule has 2 heterocycles. The molecule has 1 aromatic carbocycles. The van der Waals surface area contributed by atoms with Gasteiger partial charge in [0.1, 0.15) is 6.20 Å². The van der Waals surface area contributed by atoms with E-state index in [1.165, 1.54) is 0 Å². The highest BCUT2D eigenvalue weighted by atomic mass is 32.1. The van der Waals surface area contributed by atoms with Gasteiger partial charge in [-0.1, -0.05) is 46.2 Å². The third kappa shape index (κ3) is 1.82. The van der Waals surface area contributed by atoms with E-state index in [1.807, 2.05) is 48.8 Å². The molecule has 3 rings (SSSR count). The van der Waals surface area contributed by atoms with Crippen molar-refractivity contribution in [2.24, 2.45) is 0 Å². The summed E-state index contributed by atoms with van der Waals surface area (Å²) >= 11 is 1.63. The summed E-state index contributed by atoms with van der Waals surface area (Å²) in [5.41, 5.74) is 1.75. The molecule has 18 heavy (non-hydrogen) atoms. The number of fused-ring (bicyclic) bond motifs is 1. The zero-order chi connectivity index (χ0) is 12.5. The summed E-state index contributed by atoms with van der Waals surface area (Å²) in [5, 5.41) is 6.35. The van der Waals surface area contributed by atoms with Crippen LogP contribution >= 0.6 is 11.3 Å². The van der Waals surface area contributed by atoms with E-state index in [9.17, 15) is 4.79 Å². The fourth-order valence-electron chi connectivity index (χ4n) is 1.89. The van der Waals surface area contributed by atoms with E-state index in [4.69, 9.17) is 0 Å². The molecule has 4 nitrogen and oxygen atoms in total. The first-order valence-electron chi connectivity index (χ1n) is 5.66. The second kappa shape index (κ2) is 4.34. The van der Waals surface area contributed by atoms with E-state index in [1.54, 1.807) is 20.5 Å². The lowest BCUT2D eigenvalue weighted by atomic mass is 10.1. The largest absolute Gasteiger partial charge is 0.290 e. The normalized spacial score (nSPS) is 10.9. The monoisotopic (exact) mass is 258 g/mol. The minimum atomic E-state index is 0.0782. The van der Waals surface area contributed by atoms with Crippen LogP contribution < -0.4 is 4.52 Å². The van der Waals surface area contributed by atoms with Crippen molar-refractivity contribution in [3.63, 3.8) is 0 Å². The first-order chi connectivity index (χ1) is 8.75. The van der Waals surface area contributed by atoms with Crippen molar-refractivity contribution in [1.29, 1.82) is 0 Å². The van der Waals surface area contributed by atoms with Gasteiger partial charge >= 0.3 is 0 Å². The molecule has 0 radical (unpaired) electrons. The first kappa shape index (κ1) is 11.1. The van der Waals surface area contributed by atoms with Crippen LogP contribution in [0.5, 0.6) is 0 Å². The van der Waals surface area contributed by atoms with Gasteiger partial charge in [-0.15, -0.1) is 4.68 Å². The fraction of sp³-hybridized carbons (Fsp3) is 0.154. The van der Waals surface area contributed by atoms with Gasteiger partial charge in [-0.2, -0.15) is 0 Å². The van der Waals surface area contributed by atoms with Crippen LogP contribution in [-0.2, 0) is 6.54 Å². The van der Waals surface area contributed by atoms with E-state index < -0.39 is 0 Å². The Kier molecular flexibility index (Phi) is 2.68. The molecular formula is C13H12N3OS+. The number of hydrogen-bond donors (Lipinski definition) is 0. The zero-order valence-corrected chi connectivity index (χ0v) is 10.7. The third-order valence-electron chi connectivity index (χ3n) is 2.88. The van der Waals surface area contributed by atoms with E-state index in [-0.39, 0.29) is 12.3 Å². The molecule has 2 aromatic heterocycles. The molecule has 0 saturated carbocycles. The van der Waals surface area contributed by atoms with Gasteiger partial charge in [0.25, 0.3) is 4.83 Å². The third-order valence-corrected chi connectivity index (χ3v) is 3.84. The molecule has 0 bridgehead atoms. The molecule has 0 fully saturated rings. The average Bonchev–Trinajstić information content (AvgIpc) is 2.95. The quantitative estimate of drug-likeness (QED) is 0.531. The number of benzene rings is 1. The highest BCUT2D eigenvalue weighted by Crippen LogP contribution is 2.11. The predicted molar refractivity (Wildman–Crippen MR) is 68.8 cm³/mol. The number of thiazole rings is 1. The molecule has 0 saturated heterocycles. The Bertz CT molecular complexity index is 699. The number of rotatable bonds is 3. The Morgan fingerprint density at radius 1 is 1.39 bits per heavy atom. The Labute approximate surface area is 108 Å². The van der Waals surface area contributed by atoms with Crippen LogP contribution in [0.4, 0.5) is 0 Å². The van der Waals surface area contributed by atoms with Crippen LogP contribution in [-0.4, -0.2) is 15.7 Å².